The van der Waals surface area contributed by atoms with E-state index in [9.17, 15) is 0 Å². The van der Waals surface area contributed by atoms with Crippen molar-refractivity contribution in [3.05, 3.63) is 12.1 Å². The quantitative estimate of drug-likeness (QED) is 0.737. The molecule has 0 atom stereocenters. The Balaban J connectivity index is 2.82. The Hall–Kier alpha value is 1.30. The number of hydrogen-bond donors (Lipinski definition) is 0. The topological polar surface area (TPSA) is 13.1 Å². The SMILES string of the molecule is ClP(Cl)c1ccc(P(Cl)Cl)o1. The molecule has 0 aliphatic rings. The minimum absolute atomic E-state index is 0.534. The molecule has 0 unspecified atom stereocenters. The molecule has 1 rings (SSSR count). The van der Waals surface area contributed by atoms with E-state index >= 15 is 0 Å². The molecular weight excluding hydrogens is 268 g/mol. The second-order valence-corrected chi connectivity index (χ2v) is 8.49. The van der Waals surface area contributed by atoms with Gasteiger partial charge in [-0.3, -0.25) is 0 Å². The van der Waals surface area contributed by atoms with Crippen LogP contribution in [0, 0.1) is 0 Å². The molecule has 0 radical (unpaired) electrons. The molecule has 62 valence electrons. The van der Waals surface area contributed by atoms with Crippen LogP contribution in [0.25, 0.3) is 0 Å². The molecule has 1 heterocycles. The Morgan fingerprint density at radius 1 is 0.909 bits per heavy atom. The highest BCUT2D eigenvalue weighted by Crippen LogP contribution is 2.48. The van der Waals surface area contributed by atoms with Crippen LogP contribution in [0.3, 0.4) is 0 Å². The lowest BCUT2D eigenvalue weighted by atomic mass is 10.7. The minimum atomic E-state index is -1.23. The molecule has 0 saturated carbocycles. The van der Waals surface area contributed by atoms with Crippen molar-refractivity contribution in [3.63, 3.8) is 0 Å². The van der Waals surface area contributed by atoms with Gasteiger partial charge in [-0.15, -0.1) is 0 Å². The van der Waals surface area contributed by atoms with Crippen molar-refractivity contribution in [2.45, 2.75) is 0 Å². The van der Waals surface area contributed by atoms with Crippen molar-refractivity contribution in [1.82, 2.24) is 0 Å². The van der Waals surface area contributed by atoms with Crippen LogP contribution in [0.1, 0.15) is 0 Å². The van der Waals surface area contributed by atoms with E-state index in [0.29, 0.717) is 11.0 Å². The van der Waals surface area contributed by atoms with E-state index in [1.807, 2.05) is 0 Å². The van der Waals surface area contributed by atoms with Gasteiger partial charge in [0.2, 0.25) is 0 Å². The van der Waals surface area contributed by atoms with E-state index < -0.39 is 13.3 Å². The Bertz CT molecular complexity index is 213. The average Bonchev–Trinajstić information content (AvgIpc) is 2.33. The van der Waals surface area contributed by atoms with Gasteiger partial charge >= 0.3 is 0 Å². The number of hydrogen-bond acceptors (Lipinski definition) is 1. The van der Waals surface area contributed by atoms with E-state index in [4.69, 9.17) is 49.4 Å². The summed E-state index contributed by atoms with van der Waals surface area (Å²) in [6.45, 7) is -2.46. The van der Waals surface area contributed by atoms with E-state index in [0.717, 1.165) is 0 Å². The second kappa shape index (κ2) is 4.51. The van der Waals surface area contributed by atoms with Crippen molar-refractivity contribution < 1.29 is 4.42 Å². The molecule has 7 heteroatoms. The fraction of sp³-hybridized carbons (Fsp3) is 0. The van der Waals surface area contributed by atoms with Crippen molar-refractivity contribution in [3.8, 4) is 0 Å². The Kier molecular flexibility index (Phi) is 4.26. The lowest BCUT2D eigenvalue weighted by Gasteiger charge is -1.94. The molecule has 1 aromatic rings. The highest BCUT2D eigenvalue weighted by molar-refractivity contribution is 8.09. The first-order valence-electron chi connectivity index (χ1n) is 2.44. The van der Waals surface area contributed by atoms with Crippen molar-refractivity contribution in [1.29, 1.82) is 0 Å². The Morgan fingerprint density at radius 3 is 1.45 bits per heavy atom. The third kappa shape index (κ3) is 2.92. The van der Waals surface area contributed by atoms with Gasteiger partial charge in [0.05, 0.1) is 0 Å². The standard InChI is InChI=1S/C4H2Cl4OP2/c5-10(6)3-1-2-4(9-3)11(7)8/h1-2H. The fourth-order valence-corrected chi connectivity index (χ4v) is 2.37. The molecule has 1 nitrogen and oxygen atoms in total. The van der Waals surface area contributed by atoms with Gasteiger partial charge in [-0.05, 0) is 12.1 Å². The molecule has 0 aromatic carbocycles. The third-order valence-electron chi connectivity index (χ3n) is 0.911. The molecule has 0 aliphatic carbocycles. The van der Waals surface area contributed by atoms with Crippen LogP contribution in [0.15, 0.2) is 16.5 Å². The summed E-state index contributed by atoms with van der Waals surface area (Å²) in [5.74, 6) is 0. The molecule has 0 amide bonds. The monoisotopic (exact) mass is 268 g/mol. The molecule has 0 bridgehead atoms. The van der Waals surface area contributed by atoms with Gasteiger partial charge in [0, 0.05) is 0 Å². The zero-order chi connectivity index (χ0) is 8.43. The van der Waals surface area contributed by atoms with E-state index in [-0.39, 0.29) is 0 Å². The van der Waals surface area contributed by atoms with Gasteiger partial charge in [-0.2, -0.15) is 0 Å². The van der Waals surface area contributed by atoms with E-state index in [1.54, 1.807) is 12.1 Å². The predicted molar refractivity (Wildman–Crippen MR) is 55.2 cm³/mol. The summed E-state index contributed by atoms with van der Waals surface area (Å²) in [7, 11) is 0. The van der Waals surface area contributed by atoms with Crippen LogP contribution in [0.2, 0.25) is 0 Å². The van der Waals surface area contributed by atoms with Crippen LogP contribution in [0.4, 0.5) is 0 Å². The number of halogens is 4. The fourth-order valence-electron chi connectivity index (χ4n) is 0.499. The number of rotatable bonds is 2. The zero-order valence-electron chi connectivity index (χ0n) is 4.97. The predicted octanol–water partition coefficient (Wildman–Crippen LogP) is 4.11. The van der Waals surface area contributed by atoms with Crippen LogP contribution < -0.4 is 11.0 Å². The largest absolute Gasteiger partial charge is 0.452 e. The van der Waals surface area contributed by atoms with Gasteiger partial charge in [0.25, 0.3) is 0 Å². The van der Waals surface area contributed by atoms with Crippen molar-refractivity contribution in [2.24, 2.45) is 0 Å². The third-order valence-corrected chi connectivity index (χ3v) is 4.06. The summed E-state index contributed by atoms with van der Waals surface area (Å²) in [5, 5.41) is 0. The normalized spacial score (nSPS) is 11.5. The smallest absolute Gasteiger partial charge is 0.157 e. The maximum absolute atomic E-state index is 5.58. The summed E-state index contributed by atoms with van der Waals surface area (Å²) in [6.07, 6.45) is 0. The van der Waals surface area contributed by atoms with Crippen molar-refractivity contribution >= 4 is 69.2 Å². The van der Waals surface area contributed by atoms with Crippen LogP contribution in [0.5, 0.6) is 0 Å². The first-order valence-corrected chi connectivity index (χ1v) is 8.75. The summed E-state index contributed by atoms with van der Waals surface area (Å²) in [5.41, 5.74) is 1.07. The lowest BCUT2D eigenvalue weighted by Crippen LogP contribution is -1.92. The molecule has 1 aromatic heterocycles. The van der Waals surface area contributed by atoms with Gasteiger partial charge in [0.1, 0.15) is 0 Å². The first-order chi connectivity index (χ1) is 5.11. The van der Waals surface area contributed by atoms with Gasteiger partial charge in [-0.1, -0.05) is 45.0 Å². The summed E-state index contributed by atoms with van der Waals surface area (Å²) < 4.78 is 5.14. The molecule has 0 fully saturated rings. The first kappa shape index (κ1) is 10.4. The van der Waals surface area contributed by atoms with Crippen molar-refractivity contribution in [2.75, 3.05) is 0 Å². The summed E-state index contributed by atoms with van der Waals surface area (Å²) in [4.78, 5) is 0. The molecule has 0 spiro atoms. The maximum atomic E-state index is 5.58. The second-order valence-electron chi connectivity index (χ2n) is 1.58. The highest BCUT2D eigenvalue weighted by atomic mass is 35.9. The lowest BCUT2D eigenvalue weighted by molar-refractivity contribution is 0.642. The van der Waals surface area contributed by atoms with Crippen LogP contribution >= 0.6 is 58.2 Å². The number of furan rings is 1. The van der Waals surface area contributed by atoms with Crippen LogP contribution in [-0.4, -0.2) is 0 Å². The molecule has 0 saturated heterocycles. The minimum Gasteiger partial charge on any atom is -0.452 e. The molecule has 0 N–H and O–H groups in total. The zero-order valence-corrected chi connectivity index (χ0v) is 9.78. The molecule has 11 heavy (non-hydrogen) atoms. The maximum Gasteiger partial charge on any atom is 0.157 e. The van der Waals surface area contributed by atoms with E-state index in [2.05, 4.69) is 0 Å². The summed E-state index contributed by atoms with van der Waals surface area (Å²) >= 11 is 22.3. The highest BCUT2D eigenvalue weighted by Gasteiger charge is 2.13. The van der Waals surface area contributed by atoms with Gasteiger partial charge in [-0.25, -0.2) is 0 Å². The van der Waals surface area contributed by atoms with Gasteiger partial charge in [0.15, 0.2) is 24.3 Å². The summed E-state index contributed by atoms with van der Waals surface area (Å²) in [6, 6.07) is 3.36. The molecular formula is C4H2Cl4OP2. The van der Waals surface area contributed by atoms with Crippen LogP contribution in [-0.2, 0) is 0 Å². The average molecular weight is 270 g/mol. The molecule has 0 aliphatic heterocycles. The Labute approximate surface area is 85.6 Å². The van der Waals surface area contributed by atoms with E-state index in [1.165, 1.54) is 0 Å². The Morgan fingerprint density at radius 2 is 1.27 bits per heavy atom. The van der Waals surface area contributed by atoms with Gasteiger partial charge < -0.3 is 4.42 Å².